The number of sulfone groups is 1. The minimum atomic E-state index is -4.19. The van der Waals surface area contributed by atoms with Crippen molar-refractivity contribution in [1.29, 1.82) is 0 Å². The Balaban J connectivity index is 1.49. The molecule has 1 saturated heterocycles. The molecule has 2 aromatic rings. The number of nitrogens with zero attached hydrogens (tertiary/aromatic N) is 2. The molecule has 186 valence electrons. The summed E-state index contributed by atoms with van der Waals surface area (Å²) >= 11 is 5.82. The molecule has 1 N–H and O–H groups in total. The van der Waals surface area contributed by atoms with Crippen molar-refractivity contribution in [3.8, 4) is 0 Å². The van der Waals surface area contributed by atoms with Crippen LogP contribution >= 0.6 is 11.6 Å². The van der Waals surface area contributed by atoms with E-state index in [1.54, 1.807) is 0 Å². The Labute approximate surface area is 206 Å². The van der Waals surface area contributed by atoms with Gasteiger partial charge in [-0.05, 0) is 57.2 Å². The fraction of sp³-hybridized carbons (Fsp3) is 0.458. The van der Waals surface area contributed by atoms with Gasteiger partial charge in [0, 0.05) is 18.3 Å². The molecule has 3 fully saturated rings. The first kappa shape index (κ1) is 24.1. The first-order valence-corrected chi connectivity index (χ1v) is 13.3. The van der Waals surface area contributed by atoms with Gasteiger partial charge in [-0.25, -0.2) is 17.2 Å². The zero-order valence-corrected chi connectivity index (χ0v) is 20.5. The van der Waals surface area contributed by atoms with E-state index in [2.05, 4.69) is 10.3 Å². The SMILES string of the molecule is CC1(NC(=O)[C@@H]2C[C@@H](S(=O)(=O)c3ccccc3F)CN2C(=O)C2(c3ncc(Cl)cc3F)CC2)CC1. The summed E-state index contributed by atoms with van der Waals surface area (Å²) in [4.78, 5) is 31.8. The Morgan fingerprint density at radius 2 is 1.83 bits per heavy atom. The maximum atomic E-state index is 14.7. The third-order valence-corrected chi connectivity index (χ3v) is 9.62. The number of carbonyl (C=O) groups is 2. The molecule has 2 heterocycles. The number of likely N-dealkylation sites (tertiary alicyclic amines) is 1. The van der Waals surface area contributed by atoms with Crippen LogP contribution in [0.25, 0.3) is 0 Å². The Hall–Kier alpha value is -2.59. The second kappa shape index (κ2) is 8.23. The van der Waals surface area contributed by atoms with Gasteiger partial charge in [-0.15, -0.1) is 0 Å². The number of carbonyl (C=O) groups excluding carboxylic acids is 2. The average molecular weight is 524 g/mol. The number of benzene rings is 1. The number of aromatic nitrogens is 1. The van der Waals surface area contributed by atoms with Gasteiger partial charge in [0.25, 0.3) is 0 Å². The Morgan fingerprint density at radius 1 is 1.14 bits per heavy atom. The fourth-order valence-corrected chi connectivity index (χ4v) is 6.67. The highest BCUT2D eigenvalue weighted by molar-refractivity contribution is 7.92. The molecule has 0 unspecified atom stereocenters. The number of nitrogens with one attached hydrogen (secondary N) is 1. The highest BCUT2D eigenvalue weighted by atomic mass is 35.5. The number of pyridine rings is 1. The van der Waals surface area contributed by atoms with E-state index in [4.69, 9.17) is 11.6 Å². The molecule has 0 spiro atoms. The molecular formula is C24H24ClF2N3O4S. The third-order valence-electron chi connectivity index (χ3n) is 7.25. The summed E-state index contributed by atoms with van der Waals surface area (Å²) in [6, 6.07) is 5.02. The standard InChI is InChI=1S/C24H24ClF2N3O4S/c1-23(6-7-23)29-21(31)18-11-15(35(33,34)19-5-3-2-4-16(19)26)13-30(18)22(32)24(8-9-24)20-17(27)10-14(25)12-28-20/h2-5,10,12,15,18H,6-9,11,13H2,1H3,(H,29,31)/t15-,18+/m1/s1. The van der Waals surface area contributed by atoms with Gasteiger partial charge in [0.05, 0.1) is 21.4 Å². The number of amides is 2. The van der Waals surface area contributed by atoms with Crippen LogP contribution in [-0.4, -0.2) is 53.5 Å². The molecule has 1 aromatic heterocycles. The molecule has 2 saturated carbocycles. The second-order valence-electron chi connectivity index (χ2n) is 9.92. The fourth-order valence-electron chi connectivity index (χ4n) is 4.76. The summed E-state index contributed by atoms with van der Waals surface area (Å²) in [7, 11) is -4.19. The van der Waals surface area contributed by atoms with Gasteiger partial charge in [-0.1, -0.05) is 23.7 Å². The lowest BCUT2D eigenvalue weighted by molar-refractivity contribution is -0.140. The summed E-state index contributed by atoms with van der Waals surface area (Å²) in [5, 5.41) is 1.80. The van der Waals surface area contributed by atoms with Crippen LogP contribution in [-0.2, 0) is 24.8 Å². The normalized spacial score (nSPS) is 24.2. The van der Waals surface area contributed by atoms with Crippen molar-refractivity contribution in [2.75, 3.05) is 6.54 Å². The van der Waals surface area contributed by atoms with Crippen LogP contribution < -0.4 is 5.32 Å². The van der Waals surface area contributed by atoms with E-state index >= 15 is 0 Å². The van der Waals surface area contributed by atoms with E-state index in [1.165, 1.54) is 29.3 Å². The van der Waals surface area contributed by atoms with Crippen LogP contribution in [0.5, 0.6) is 0 Å². The highest BCUT2D eigenvalue weighted by Gasteiger charge is 2.59. The van der Waals surface area contributed by atoms with Crippen molar-refractivity contribution >= 4 is 33.3 Å². The predicted molar refractivity (Wildman–Crippen MR) is 123 cm³/mol. The highest BCUT2D eigenvalue weighted by Crippen LogP contribution is 2.51. The molecule has 11 heteroatoms. The molecule has 0 radical (unpaired) electrons. The first-order valence-electron chi connectivity index (χ1n) is 11.4. The predicted octanol–water partition coefficient (Wildman–Crippen LogP) is 3.16. The van der Waals surface area contributed by atoms with Crippen LogP contribution in [0.1, 0.15) is 44.7 Å². The van der Waals surface area contributed by atoms with E-state index in [0.717, 1.165) is 25.0 Å². The van der Waals surface area contributed by atoms with Crippen molar-refractivity contribution in [1.82, 2.24) is 15.2 Å². The molecule has 2 amide bonds. The summed E-state index contributed by atoms with van der Waals surface area (Å²) in [6.45, 7) is 1.57. The lowest BCUT2D eigenvalue weighted by Crippen LogP contribution is -2.51. The van der Waals surface area contributed by atoms with Gasteiger partial charge < -0.3 is 10.2 Å². The van der Waals surface area contributed by atoms with E-state index in [0.29, 0.717) is 12.8 Å². The summed E-state index contributed by atoms with van der Waals surface area (Å²) in [5.74, 6) is -2.65. The molecule has 7 nitrogen and oxygen atoms in total. The molecule has 2 atom stereocenters. The van der Waals surface area contributed by atoms with E-state index < -0.39 is 60.4 Å². The maximum Gasteiger partial charge on any atom is 0.243 e. The molecule has 0 bridgehead atoms. The van der Waals surface area contributed by atoms with Crippen molar-refractivity contribution < 1.29 is 26.8 Å². The number of hydrogen-bond acceptors (Lipinski definition) is 5. The zero-order chi connectivity index (χ0) is 25.2. The van der Waals surface area contributed by atoms with Gasteiger partial charge in [0.15, 0.2) is 9.84 Å². The van der Waals surface area contributed by atoms with Gasteiger partial charge in [-0.2, -0.15) is 0 Å². The minimum absolute atomic E-state index is 0.0689. The van der Waals surface area contributed by atoms with E-state index in [-0.39, 0.29) is 23.7 Å². The molecule has 3 aliphatic rings. The molecular weight excluding hydrogens is 500 g/mol. The van der Waals surface area contributed by atoms with Crippen molar-refractivity contribution in [2.45, 2.75) is 66.2 Å². The van der Waals surface area contributed by atoms with Gasteiger partial charge in [-0.3, -0.25) is 14.6 Å². The van der Waals surface area contributed by atoms with E-state index in [9.17, 15) is 26.8 Å². The zero-order valence-electron chi connectivity index (χ0n) is 18.9. The Morgan fingerprint density at radius 3 is 2.43 bits per heavy atom. The maximum absolute atomic E-state index is 14.7. The second-order valence-corrected chi connectivity index (χ2v) is 12.6. The average Bonchev–Trinajstić information content (AvgIpc) is 3.70. The van der Waals surface area contributed by atoms with Crippen LogP contribution in [0.4, 0.5) is 8.78 Å². The summed E-state index contributed by atoms with van der Waals surface area (Å²) in [5.41, 5.74) is -1.75. The number of rotatable bonds is 6. The largest absolute Gasteiger partial charge is 0.349 e. The monoisotopic (exact) mass is 523 g/mol. The minimum Gasteiger partial charge on any atom is -0.349 e. The third kappa shape index (κ3) is 4.20. The molecule has 1 aliphatic heterocycles. The van der Waals surface area contributed by atoms with Crippen molar-refractivity contribution in [3.63, 3.8) is 0 Å². The van der Waals surface area contributed by atoms with Gasteiger partial charge >= 0.3 is 0 Å². The lowest BCUT2D eigenvalue weighted by Gasteiger charge is -2.29. The molecule has 35 heavy (non-hydrogen) atoms. The first-order chi connectivity index (χ1) is 16.5. The number of halogens is 3. The van der Waals surface area contributed by atoms with Gasteiger partial charge in [0.2, 0.25) is 11.8 Å². The van der Waals surface area contributed by atoms with E-state index in [1.807, 2.05) is 6.92 Å². The van der Waals surface area contributed by atoms with Crippen LogP contribution in [0, 0.1) is 11.6 Å². The Kier molecular flexibility index (Phi) is 5.67. The van der Waals surface area contributed by atoms with Crippen LogP contribution in [0.15, 0.2) is 41.4 Å². The van der Waals surface area contributed by atoms with Gasteiger partial charge in [0.1, 0.15) is 22.6 Å². The smallest absolute Gasteiger partial charge is 0.243 e. The van der Waals surface area contributed by atoms with Crippen molar-refractivity contribution in [3.05, 3.63) is 58.9 Å². The Bertz CT molecular complexity index is 1330. The lowest BCUT2D eigenvalue weighted by atomic mass is 9.98. The molecule has 1 aromatic carbocycles. The molecule has 2 aliphatic carbocycles. The summed E-state index contributed by atoms with van der Waals surface area (Å²) in [6.07, 6.45) is 3.24. The quantitative estimate of drug-likeness (QED) is 0.627. The van der Waals surface area contributed by atoms with Crippen LogP contribution in [0.3, 0.4) is 0 Å². The number of hydrogen-bond donors (Lipinski definition) is 1. The topological polar surface area (TPSA) is 96.4 Å². The molecule has 5 rings (SSSR count). The van der Waals surface area contributed by atoms with Crippen molar-refractivity contribution in [2.24, 2.45) is 0 Å². The summed E-state index contributed by atoms with van der Waals surface area (Å²) < 4.78 is 55.7. The van der Waals surface area contributed by atoms with Crippen LogP contribution in [0.2, 0.25) is 5.02 Å².